The summed E-state index contributed by atoms with van der Waals surface area (Å²) in [7, 11) is 0. The van der Waals surface area contributed by atoms with Crippen LogP contribution < -0.4 is 20.7 Å². The third-order valence-corrected chi connectivity index (χ3v) is 5.45. The topological polar surface area (TPSA) is 103 Å². The van der Waals surface area contributed by atoms with Crippen molar-refractivity contribution < 1.29 is 19.3 Å². The highest BCUT2D eigenvalue weighted by Crippen LogP contribution is 2.32. The van der Waals surface area contributed by atoms with Crippen molar-refractivity contribution in [2.75, 3.05) is 6.61 Å². The fourth-order valence-electron chi connectivity index (χ4n) is 3.60. The Labute approximate surface area is 185 Å². The predicted octanol–water partition coefficient (Wildman–Crippen LogP) is 2.46. The minimum atomic E-state index is -0.674. The Morgan fingerprint density at radius 3 is 2.28 bits per heavy atom. The fraction of sp³-hybridized carbons (Fsp3) is 0.333. The van der Waals surface area contributed by atoms with E-state index in [9.17, 15) is 14.7 Å². The molecule has 1 saturated heterocycles. The molecule has 4 rings (SSSR count). The summed E-state index contributed by atoms with van der Waals surface area (Å²) in [6.45, 7) is 3.74. The van der Waals surface area contributed by atoms with Crippen LogP contribution >= 0.6 is 0 Å². The van der Waals surface area contributed by atoms with Crippen molar-refractivity contribution in [1.29, 1.82) is 0 Å². The number of aromatic amines is 1. The van der Waals surface area contributed by atoms with Crippen LogP contribution in [-0.2, 0) is 11.3 Å². The van der Waals surface area contributed by atoms with E-state index in [0.717, 1.165) is 11.1 Å². The molecular weight excluding hydrogens is 412 g/mol. The minimum absolute atomic E-state index is 0.0866. The first kappa shape index (κ1) is 21.9. The van der Waals surface area contributed by atoms with Crippen LogP contribution in [0.4, 0.5) is 0 Å². The zero-order valence-corrected chi connectivity index (χ0v) is 18.0. The molecule has 3 aromatic rings. The third kappa shape index (κ3) is 4.92. The predicted molar refractivity (Wildman–Crippen MR) is 118 cm³/mol. The number of aliphatic hydroxyl groups excluding tert-OH is 1. The molecule has 1 fully saturated rings. The van der Waals surface area contributed by atoms with Gasteiger partial charge in [-0.15, -0.1) is 0 Å². The zero-order chi connectivity index (χ0) is 22.7. The molecule has 1 aliphatic rings. The van der Waals surface area contributed by atoms with Crippen LogP contribution in [0.15, 0.2) is 64.3 Å². The lowest BCUT2D eigenvalue weighted by atomic mass is 10.1. The highest BCUT2D eigenvalue weighted by Gasteiger charge is 2.39. The van der Waals surface area contributed by atoms with Gasteiger partial charge < -0.3 is 19.3 Å². The van der Waals surface area contributed by atoms with Gasteiger partial charge in [-0.2, -0.15) is 0 Å². The third-order valence-electron chi connectivity index (χ3n) is 5.45. The maximum absolute atomic E-state index is 12.4. The van der Waals surface area contributed by atoms with Crippen LogP contribution in [0, 0.1) is 13.8 Å². The van der Waals surface area contributed by atoms with Gasteiger partial charge in [0.2, 0.25) is 0 Å². The van der Waals surface area contributed by atoms with Crippen molar-refractivity contribution >= 4 is 0 Å². The largest absolute Gasteiger partial charge is 0.491 e. The van der Waals surface area contributed by atoms with Gasteiger partial charge in [-0.05, 0) is 38.1 Å². The van der Waals surface area contributed by atoms with Crippen molar-refractivity contribution in [2.24, 2.45) is 0 Å². The Morgan fingerprint density at radius 2 is 1.66 bits per heavy atom. The Morgan fingerprint density at radius 1 is 1.03 bits per heavy atom. The molecule has 0 amide bonds. The lowest BCUT2D eigenvalue weighted by molar-refractivity contribution is -0.0373. The number of ether oxygens (including phenoxy) is 3. The maximum Gasteiger partial charge on any atom is 0.330 e. The molecule has 0 bridgehead atoms. The smallest absolute Gasteiger partial charge is 0.330 e. The number of H-pyrrole nitrogens is 1. The number of aryl methyl sites for hydroxylation is 2. The first-order valence-electron chi connectivity index (χ1n) is 10.5. The molecule has 0 unspecified atom stereocenters. The van der Waals surface area contributed by atoms with Gasteiger partial charge in [-0.1, -0.05) is 35.4 Å². The van der Waals surface area contributed by atoms with Gasteiger partial charge in [-0.25, -0.2) is 4.79 Å². The molecule has 8 heteroatoms. The summed E-state index contributed by atoms with van der Waals surface area (Å²) in [5, 5.41) is 9.41. The van der Waals surface area contributed by atoms with Crippen molar-refractivity contribution in [1.82, 2.24) is 9.55 Å². The summed E-state index contributed by atoms with van der Waals surface area (Å²) in [5.41, 5.74) is 1.12. The summed E-state index contributed by atoms with van der Waals surface area (Å²) in [5.74, 6) is 1.40. The summed E-state index contributed by atoms with van der Waals surface area (Å²) in [4.78, 5) is 26.4. The maximum atomic E-state index is 12.4. The van der Waals surface area contributed by atoms with E-state index in [1.54, 1.807) is 0 Å². The first-order chi connectivity index (χ1) is 15.4. The van der Waals surface area contributed by atoms with E-state index in [-0.39, 0.29) is 18.3 Å². The highest BCUT2D eigenvalue weighted by molar-refractivity contribution is 5.27. The summed E-state index contributed by atoms with van der Waals surface area (Å²) < 4.78 is 19.5. The van der Waals surface area contributed by atoms with Crippen molar-refractivity contribution in [3.8, 4) is 11.5 Å². The van der Waals surface area contributed by atoms with Crippen LogP contribution in [0.3, 0.4) is 0 Å². The van der Waals surface area contributed by atoms with Crippen LogP contribution in [-0.4, -0.2) is 33.5 Å². The molecule has 32 heavy (non-hydrogen) atoms. The molecule has 2 N–H and O–H groups in total. The van der Waals surface area contributed by atoms with E-state index in [1.807, 2.05) is 62.4 Å². The van der Waals surface area contributed by atoms with Crippen LogP contribution in [0.25, 0.3) is 0 Å². The zero-order valence-electron chi connectivity index (χ0n) is 18.0. The van der Waals surface area contributed by atoms with Crippen LogP contribution in [0.2, 0.25) is 0 Å². The summed E-state index contributed by atoms with van der Waals surface area (Å²) in [6, 6.07) is 15.4. The second-order valence-electron chi connectivity index (χ2n) is 7.94. The molecule has 0 aliphatic carbocycles. The Kier molecular flexibility index (Phi) is 6.43. The van der Waals surface area contributed by atoms with Gasteiger partial charge in [0.05, 0.1) is 12.2 Å². The van der Waals surface area contributed by atoms with Gasteiger partial charge in [0.25, 0.3) is 5.56 Å². The number of hydrogen-bond donors (Lipinski definition) is 2. The average Bonchev–Trinajstić information content (AvgIpc) is 3.17. The SMILES string of the molecule is Cc1ccc(OC[C@H]2O[C@@H](n3cc(CO)c(=O)[nH]c3=O)C[C@@H]2Oc2ccc(C)cc2)cc1. The van der Waals surface area contributed by atoms with Crippen LogP contribution in [0.5, 0.6) is 11.5 Å². The van der Waals surface area contributed by atoms with Gasteiger partial charge >= 0.3 is 5.69 Å². The molecule has 168 valence electrons. The molecule has 1 aliphatic heterocycles. The van der Waals surface area contributed by atoms with Crippen molar-refractivity contribution in [3.05, 3.63) is 92.3 Å². The number of benzene rings is 2. The summed E-state index contributed by atoms with van der Waals surface area (Å²) >= 11 is 0. The molecule has 0 spiro atoms. The van der Waals surface area contributed by atoms with Gasteiger partial charge in [0, 0.05) is 12.6 Å². The van der Waals surface area contributed by atoms with Crippen molar-refractivity contribution in [2.45, 2.75) is 45.3 Å². The molecule has 1 aromatic heterocycles. The first-order valence-corrected chi connectivity index (χ1v) is 10.5. The fourth-order valence-corrected chi connectivity index (χ4v) is 3.60. The molecule has 2 aromatic carbocycles. The molecule has 8 nitrogen and oxygen atoms in total. The number of nitrogens with zero attached hydrogens (tertiary/aromatic N) is 1. The lowest BCUT2D eigenvalue weighted by Crippen LogP contribution is -2.34. The Balaban J connectivity index is 1.56. The monoisotopic (exact) mass is 438 g/mol. The molecule has 3 atom stereocenters. The lowest BCUT2D eigenvalue weighted by Gasteiger charge is -2.20. The van der Waals surface area contributed by atoms with Crippen molar-refractivity contribution in [3.63, 3.8) is 0 Å². The normalized spacial score (nSPS) is 20.3. The number of aromatic nitrogens is 2. The molecule has 0 saturated carbocycles. The highest BCUT2D eigenvalue weighted by atomic mass is 16.6. The number of hydrogen-bond acceptors (Lipinski definition) is 6. The molecular formula is C24H26N2O6. The van der Waals surface area contributed by atoms with E-state index in [0.29, 0.717) is 17.9 Å². The quantitative estimate of drug-likeness (QED) is 0.588. The Bertz CT molecular complexity index is 1170. The average molecular weight is 438 g/mol. The van der Waals surface area contributed by atoms with E-state index in [4.69, 9.17) is 14.2 Å². The Hall–Kier alpha value is -3.36. The van der Waals surface area contributed by atoms with E-state index >= 15 is 0 Å². The van der Waals surface area contributed by atoms with Gasteiger partial charge in [-0.3, -0.25) is 14.3 Å². The van der Waals surface area contributed by atoms with E-state index < -0.39 is 30.2 Å². The second-order valence-corrected chi connectivity index (χ2v) is 7.94. The summed E-state index contributed by atoms with van der Waals surface area (Å²) in [6.07, 6.45) is 0.181. The second kappa shape index (κ2) is 9.42. The number of nitrogens with one attached hydrogen (secondary N) is 1. The number of aliphatic hydroxyl groups is 1. The standard InChI is InChI=1S/C24H26N2O6/c1-15-3-7-18(8-4-15)30-14-21-20(31-19-9-5-16(2)6-10-19)11-22(32-21)26-12-17(13-27)23(28)25-24(26)29/h3-10,12,20-22,27H,11,13-14H2,1-2H3,(H,25,28,29)/t20-,21+,22+/m0/s1. The van der Waals surface area contributed by atoms with Crippen LogP contribution in [0.1, 0.15) is 29.3 Å². The number of rotatable bonds is 7. The minimum Gasteiger partial charge on any atom is -0.491 e. The van der Waals surface area contributed by atoms with Gasteiger partial charge in [0.15, 0.2) is 0 Å². The van der Waals surface area contributed by atoms with Gasteiger partial charge in [0.1, 0.15) is 36.5 Å². The molecule has 0 radical (unpaired) electrons. The van der Waals surface area contributed by atoms with E-state index in [1.165, 1.54) is 10.8 Å². The molecule has 2 heterocycles. The van der Waals surface area contributed by atoms with E-state index in [2.05, 4.69) is 4.98 Å².